The second-order valence-electron chi connectivity index (χ2n) is 4.52. The van der Waals surface area contributed by atoms with Gasteiger partial charge in [-0.15, -0.1) is 0 Å². The minimum Gasteiger partial charge on any atom is -0.480 e. The van der Waals surface area contributed by atoms with Gasteiger partial charge in [-0.25, -0.2) is 9.59 Å². The average Bonchev–Trinajstić information content (AvgIpc) is 2.42. The summed E-state index contributed by atoms with van der Waals surface area (Å²) in [5.41, 5.74) is 1.83. The van der Waals surface area contributed by atoms with E-state index < -0.39 is 18.0 Å². The highest BCUT2D eigenvalue weighted by Crippen LogP contribution is 2.13. The first-order valence-corrected chi connectivity index (χ1v) is 7.67. The smallest absolute Gasteiger partial charge is 0.326 e. The molecule has 0 radical (unpaired) electrons. The van der Waals surface area contributed by atoms with E-state index in [1.54, 1.807) is 18.8 Å². The Hall–Kier alpha value is -1.69. The third-order valence-electron chi connectivity index (χ3n) is 2.93. The summed E-state index contributed by atoms with van der Waals surface area (Å²) in [6.07, 6.45) is 2.31. The number of anilines is 1. The number of thioether (sulfide) groups is 1. The molecule has 1 rings (SSSR count). The summed E-state index contributed by atoms with van der Waals surface area (Å²) in [7, 11) is 1.62. The van der Waals surface area contributed by atoms with Crippen LogP contribution in [-0.2, 0) is 4.79 Å². The monoisotopic (exact) mass is 296 g/mol. The Morgan fingerprint density at radius 1 is 1.35 bits per heavy atom. The normalized spacial score (nSPS) is 11.8. The Bertz CT molecular complexity index is 462. The molecule has 0 bridgehead atoms. The molecule has 1 aromatic carbocycles. The van der Waals surface area contributed by atoms with Gasteiger partial charge in [0.05, 0.1) is 0 Å². The Morgan fingerprint density at radius 3 is 2.45 bits per heavy atom. The maximum Gasteiger partial charge on any atom is 0.326 e. The van der Waals surface area contributed by atoms with E-state index in [-0.39, 0.29) is 0 Å². The Kier molecular flexibility index (Phi) is 6.38. The highest BCUT2D eigenvalue weighted by Gasteiger charge is 2.21. The number of nitrogens with zero attached hydrogens (tertiary/aromatic N) is 1. The third-order valence-corrected chi connectivity index (χ3v) is 3.58. The zero-order chi connectivity index (χ0) is 15.1. The van der Waals surface area contributed by atoms with Gasteiger partial charge in [0.25, 0.3) is 0 Å². The van der Waals surface area contributed by atoms with E-state index in [2.05, 4.69) is 5.32 Å². The van der Waals surface area contributed by atoms with Gasteiger partial charge in [0, 0.05) is 12.7 Å². The number of nitrogens with one attached hydrogen (secondary N) is 1. The van der Waals surface area contributed by atoms with Crippen LogP contribution in [0.3, 0.4) is 0 Å². The standard InChI is InChI=1S/C14H20N2O3S/c1-10-4-6-11(7-5-10)16(2)14(19)15-12(13(17)18)8-9-20-3/h4-7,12H,8-9H2,1-3H3,(H,15,19)(H,17,18)/t12-/m1/s1. The van der Waals surface area contributed by atoms with Gasteiger partial charge in [0.2, 0.25) is 0 Å². The van der Waals surface area contributed by atoms with Gasteiger partial charge < -0.3 is 10.4 Å². The van der Waals surface area contributed by atoms with Crippen molar-refractivity contribution in [2.24, 2.45) is 0 Å². The lowest BCUT2D eigenvalue weighted by atomic mass is 10.2. The van der Waals surface area contributed by atoms with Gasteiger partial charge >= 0.3 is 12.0 Å². The quantitative estimate of drug-likeness (QED) is 0.845. The largest absolute Gasteiger partial charge is 0.480 e. The van der Waals surface area contributed by atoms with Gasteiger partial charge in [-0.3, -0.25) is 4.90 Å². The topological polar surface area (TPSA) is 69.6 Å². The van der Waals surface area contributed by atoms with E-state index in [1.807, 2.05) is 37.4 Å². The predicted molar refractivity (Wildman–Crippen MR) is 82.5 cm³/mol. The Morgan fingerprint density at radius 2 is 1.95 bits per heavy atom. The molecule has 0 heterocycles. The summed E-state index contributed by atoms with van der Waals surface area (Å²) in [5, 5.41) is 11.6. The summed E-state index contributed by atoms with van der Waals surface area (Å²) in [6.45, 7) is 1.97. The lowest BCUT2D eigenvalue weighted by Gasteiger charge is -2.21. The van der Waals surface area contributed by atoms with Gasteiger partial charge in [0.15, 0.2) is 0 Å². The SMILES string of the molecule is CSCC[C@@H](NC(=O)N(C)c1ccc(C)cc1)C(=O)O. The van der Waals surface area contributed by atoms with Crippen LogP contribution in [0, 0.1) is 6.92 Å². The summed E-state index contributed by atoms with van der Waals surface area (Å²) in [4.78, 5) is 24.6. The fourth-order valence-electron chi connectivity index (χ4n) is 1.62. The first kappa shape index (κ1) is 16.4. The highest BCUT2D eigenvalue weighted by molar-refractivity contribution is 7.98. The number of hydrogen-bond acceptors (Lipinski definition) is 3. The molecule has 2 N–H and O–H groups in total. The van der Waals surface area contributed by atoms with Gasteiger partial charge in [0.1, 0.15) is 6.04 Å². The number of urea groups is 1. The molecule has 1 atom stereocenters. The Labute approximate surface area is 123 Å². The van der Waals surface area contributed by atoms with Crippen LogP contribution in [-0.4, -0.2) is 42.2 Å². The molecule has 0 fully saturated rings. The summed E-state index contributed by atoms with van der Waals surface area (Å²) < 4.78 is 0. The van der Waals surface area contributed by atoms with Crippen molar-refractivity contribution < 1.29 is 14.7 Å². The summed E-state index contributed by atoms with van der Waals surface area (Å²) >= 11 is 1.55. The maximum atomic E-state index is 12.1. The molecule has 110 valence electrons. The minimum absolute atomic E-state index is 0.407. The molecule has 0 unspecified atom stereocenters. The van der Waals surface area contributed by atoms with Crippen molar-refractivity contribution in [3.63, 3.8) is 0 Å². The van der Waals surface area contributed by atoms with E-state index >= 15 is 0 Å². The molecular weight excluding hydrogens is 276 g/mol. The molecule has 20 heavy (non-hydrogen) atoms. The second kappa shape index (κ2) is 7.79. The lowest BCUT2D eigenvalue weighted by molar-refractivity contribution is -0.139. The van der Waals surface area contributed by atoms with E-state index in [1.165, 1.54) is 4.90 Å². The van der Waals surface area contributed by atoms with E-state index in [9.17, 15) is 9.59 Å². The fraction of sp³-hybridized carbons (Fsp3) is 0.429. The fourth-order valence-corrected chi connectivity index (χ4v) is 2.10. The first-order chi connectivity index (χ1) is 9.45. The summed E-state index contributed by atoms with van der Waals surface area (Å²) in [6, 6.07) is 6.19. The molecule has 2 amide bonds. The molecule has 0 saturated carbocycles. The van der Waals surface area contributed by atoms with Crippen molar-refractivity contribution in [1.29, 1.82) is 0 Å². The van der Waals surface area contributed by atoms with Crippen molar-refractivity contribution in [3.8, 4) is 0 Å². The van der Waals surface area contributed by atoms with Gasteiger partial charge in [-0.2, -0.15) is 11.8 Å². The van der Waals surface area contributed by atoms with Crippen molar-refractivity contribution in [1.82, 2.24) is 5.32 Å². The van der Waals surface area contributed by atoms with Crippen LogP contribution in [0.1, 0.15) is 12.0 Å². The second-order valence-corrected chi connectivity index (χ2v) is 5.50. The zero-order valence-corrected chi connectivity index (χ0v) is 12.7. The van der Waals surface area contributed by atoms with Crippen LogP contribution in [0.2, 0.25) is 0 Å². The van der Waals surface area contributed by atoms with Crippen LogP contribution in [0.4, 0.5) is 10.5 Å². The zero-order valence-electron chi connectivity index (χ0n) is 11.9. The number of carboxylic acid groups (broad SMARTS) is 1. The highest BCUT2D eigenvalue weighted by atomic mass is 32.2. The van der Waals surface area contributed by atoms with Crippen LogP contribution >= 0.6 is 11.8 Å². The lowest BCUT2D eigenvalue weighted by Crippen LogP contribution is -2.47. The molecule has 0 aromatic heterocycles. The number of carbonyl (C=O) groups excluding carboxylic acids is 1. The number of benzene rings is 1. The molecule has 6 heteroatoms. The Balaban J connectivity index is 2.68. The predicted octanol–water partition coefficient (Wildman–Crippen LogP) is 2.35. The molecule has 0 saturated heterocycles. The molecular formula is C14H20N2O3S. The van der Waals surface area contributed by atoms with E-state index in [0.29, 0.717) is 12.2 Å². The van der Waals surface area contributed by atoms with Crippen LogP contribution in [0.15, 0.2) is 24.3 Å². The van der Waals surface area contributed by atoms with Crippen LogP contribution < -0.4 is 10.2 Å². The number of hydrogen-bond donors (Lipinski definition) is 2. The number of carboxylic acids is 1. The maximum absolute atomic E-state index is 12.1. The number of rotatable bonds is 6. The van der Waals surface area contributed by atoms with Crippen molar-refractivity contribution >= 4 is 29.4 Å². The molecule has 0 aliphatic carbocycles. The molecule has 1 aromatic rings. The van der Waals surface area contributed by atoms with Crippen molar-refractivity contribution in [2.75, 3.05) is 24.0 Å². The summed E-state index contributed by atoms with van der Waals surface area (Å²) in [5.74, 6) is -0.324. The van der Waals surface area contributed by atoms with E-state index in [4.69, 9.17) is 5.11 Å². The van der Waals surface area contributed by atoms with E-state index in [0.717, 1.165) is 11.3 Å². The third kappa shape index (κ3) is 4.77. The minimum atomic E-state index is -1.01. The number of aliphatic carboxylic acids is 1. The molecule has 0 aliphatic rings. The van der Waals surface area contributed by atoms with Gasteiger partial charge in [-0.1, -0.05) is 17.7 Å². The number of aryl methyl sites for hydroxylation is 1. The average molecular weight is 296 g/mol. The molecule has 0 spiro atoms. The van der Waals surface area contributed by atoms with Crippen LogP contribution in [0.25, 0.3) is 0 Å². The number of amides is 2. The molecule has 5 nitrogen and oxygen atoms in total. The van der Waals surface area contributed by atoms with Crippen molar-refractivity contribution in [2.45, 2.75) is 19.4 Å². The van der Waals surface area contributed by atoms with Gasteiger partial charge in [-0.05, 0) is 37.5 Å². The molecule has 0 aliphatic heterocycles. The first-order valence-electron chi connectivity index (χ1n) is 6.28. The van der Waals surface area contributed by atoms with Crippen molar-refractivity contribution in [3.05, 3.63) is 29.8 Å². The number of carbonyl (C=O) groups is 2. The van der Waals surface area contributed by atoms with Crippen LogP contribution in [0.5, 0.6) is 0 Å².